The van der Waals surface area contributed by atoms with Crippen molar-refractivity contribution in [2.24, 2.45) is 0 Å². The van der Waals surface area contributed by atoms with Gasteiger partial charge in [0.25, 0.3) is 15.9 Å². The molecule has 0 aliphatic carbocycles. The first-order valence-electron chi connectivity index (χ1n) is 9.38. The lowest BCUT2D eigenvalue weighted by Crippen LogP contribution is -2.48. The quantitative estimate of drug-likeness (QED) is 0.626. The molecule has 4 rings (SSSR count). The van der Waals surface area contributed by atoms with Gasteiger partial charge in [-0.05, 0) is 42.5 Å². The fourth-order valence-electron chi connectivity index (χ4n) is 3.28. The van der Waals surface area contributed by atoms with Crippen LogP contribution in [0.15, 0.2) is 77.7 Å². The molecule has 7 nitrogen and oxygen atoms in total. The van der Waals surface area contributed by atoms with Gasteiger partial charge in [0.1, 0.15) is 11.5 Å². The van der Waals surface area contributed by atoms with Gasteiger partial charge in [0, 0.05) is 5.02 Å². The van der Waals surface area contributed by atoms with Crippen molar-refractivity contribution >= 4 is 38.9 Å². The second-order valence-electron chi connectivity index (χ2n) is 6.76. The van der Waals surface area contributed by atoms with Crippen LogP contribution in [0.4, 0.5) is 11.4 Å². The highest BCUT2D eigenvalue weighted by Gasteiger charge is 2.37. The molecule has 1 aliphatic rings. The van der Waals surface area contributed by atoms with E-state index < -0.39 is 22.0 Å². The van der Waals surface area contributed by atoms with Gasteiger partial charge in [0.05, 0.1) is 29.9 Å². The molecule has 3 aromatic rings. The maximum absolute atomic E-state index is 13.3. The number of methoxy groups -OCH3 is 1. The molecule has 31 heavy (non-hydrogen) atoms. The number of nitrogens with zero attached hydrogens (tertiary/aromatic N) is 1. The van der Waals surface area contributed by atoms with Crippen LogP contribution in [0.5, 0.6) is 11.5 Å². The fraction of sp³-hybridized carbons (Fsp3) is 0.136. The van der Waals surface area contributed by atoms with E-state index >= 15 is 0 Å². The van der Waals surface area contributed by atoms with E-state index in [0.29, 0.717) is 27.9 Å². The molecule has 160 valence electrons. The van der Waals surface area contributed by atoms with E-state index in [9.17, 15) is 13.2 Å². The van der Waals surface area contributed by atoms with Crippen molar-refractivity contribution in [2.45, 2.75) is 11.0 Å². The minimum Gasteiger partial charge on any atom is -0.495 e. The summed E-state index contributed by atoms with van der Waals surface area (Å²) in [6.45, 7) is -0.192. The van der Waals surface area contributed by atoms with Crippen LogP contribution in [-0.4, -0.2) is 34.1 Å². The van der Waals surface area contributed by atoms with E-state index in [1.807, 2.05) is 0 Å². The predicted octanol–water partition coefficient (Wildman–Crippen LogP) is 3.94. The van der Waals surface area contributed by atoms with Crippen LogP contribution in [0.1, 0.15) is 0 Å². The standard InChI is InChI=1S/C22H19ClN2O5S/c1-29-19-12-11-15(23)13-17(19)24-22(26)21-14-25(18-9-5-6-10-20(18)30-21)31(27,28)16-7-3-2-4-8-16/h2-13,21H,14H2,1H3,(H,24,26)/t21-/m1/s1. The van der Waals surface area contributed by atoms with Crippen LogP contribution in [0.25, 0.3) is 0 Å². The number of rotatable bonds is 5. The summed E-state index contributed by atoms with van der Waals surface area (Å²) < 4.78 is 38.9. The Kier molecular flexibility index (Phi) is 5.75. The number of nitrogens with one attached hydrogen (secondary N) is 1. The lowest BCUT2D eigenvalue weighted by atomic mass is 10.2. The number of hydrogen-bond acceptors (Lipinski definition) is 5. The van der Waals surface area contributed by atoms with Crippen LogP contribution < -0.4 is 19.1 Å². The predicted molar refractivity (Wildman–Crippen MR) is 118 cm³/mol. The van der Waals surface area contributed by atoms with Gasteiger partial charge in [-0.1, -0.05) is 41.9 Å². The third kappa shape index (κ3) is 4.17. The Morgan fingerprint density at radius 1 is 1.10 bits per heavy atom. The molecule has 0 radical (unpaired) electrons. The van der Waals surface area contributed by atoms with Crippen LogP contribution in [0.2, 0.25) is 5.02 Å². The molecule has 0 unspecified atom stereocenters. The Hall–Kier alpha value is -3.23. The van der Waals surface area contributed by atoms with Crippen LogP contribution >= 0.6 is 11.6 Å². The Bertz CT molecular complexity index is 1220. The molecular formula is C22H19ClN2O5S. The molecule has 9 heteroatoms. The maximum atomic E-state index is 13.3. The summed E-state index contributed by atoms with van der Waals surface area (Å²) in [5.74, 6) is 0.192. The molecule has 0 saturated carbocycles. The van der Waals surface area contributed by atoms with Gasteiger partial charge in [-0.3, -0.25) is 9.10 Å². The smallest absolute Gasteiger partial charge is 0.267 e. The third-order valence-electron chi connectivity index (χ3n) is 4.78. The summed E-state index contributed by atoms with van der Waals surface area (Å²) in [7, 11) is -2.43. The number of halogens is 1. The number of carbonyl (C=O) groups is 1. The number of fused-ring (bicyclic) bond motifs is 1. The number of anilines is 2. The van der Waals surface area contributed by atoms with Crippen molar-refractivity contribution < 1.29 is 22.7 Å². The van der Waals surface area contributed by atoms with Gasteiger partial charge >= 0.3 is 0 Å². The summed E-state index contributed by atoms with van der Waals surface area (Å²) in [6.07, 6.45) is -1.09. The number of amides is 1. The zero-order chi connectivity index (χ0) is 22.0. The second kappa shape index (κ2) is 8.49. The Labute approximate surface area is 185 Å². The second-order valence-corrected chi connectivity index (χ2v) is 9.06. The fourth-order valence-corrected chi connectivity index (χ4v) is 4.95. The highest BCUT2D eigenvalue weighted by molar-refractivity contribution is 7.92. The van der Waals surface area contributed by atoms with Gasteiger partial charge in [0.15, 0.2) is 6.10 Å². The first kappa shape index (κ1) is 21.0. The van der Waals surface area contributed by atoms with Crippen LogP contribution in [0, 0.1) is 0 Å². The average molecular weight is 459 g/mol. The molecule has 0 bridgehead atoms. The van der Waals surface area contributed by atoms with E-state index in [4.69, 9.17) is 21.1 Å². The molecule has 0 saturated heterocycles. The highest BCUT2D eigenvalue weighted by atomic mass is 35.5. The summed E-state index contributed by atoms with van der Waals surface area (Å²) in [5, 5.41) is 3.14. The van der Waals surface area contributed by atoms with E-state index in [1.165, 1.54) is 23.5 Å². The van der Waals surface area contributed by atoms with Gasteiger partial charge in [0.2, 0.25) is 0 Å². The molecule has 1 amide bonds. The molecule has 1 N–H and O–H groups in total. The van der Waals surface area contributed by atoms with Crippen molar-refractivity contribution in [3.63, 3.8) is 0 Å². The number of carbonyl (C=O) groups excluding carboxylic acids is 1. The van der Waals surface area contributed by atoms with E-state index in [0.717, 1.165) is 0 Å². The highest BCUT2D eigenvalue weighted by Crippen LogP contribution is 2.37. The summed E-state index contributed by atoms with van der Waals surface area (Å²) in [6, 6.07) is 19.6. The van der Waals surface area contributed by atoms with E-state index in [1.54, 1.807) is 60.7 Å². The number of para-hydroxylation sites is 2. The summed E-state index contributed by atoms with van der Waals surface area (Å²) in [4.78, 5) is 13.1. The summed E-state index contributed by atoms with van der Waals surface area (Å²) >= 11 is 6.04. The minimum atomic E-state index is -3.91. The number of sulfonamides is 1. The lowest BCUT2D eigenvalue weighted by molar-refractivity contribution is -0.122. The van der Waals surface area contributed by atoms with E-state index in [-0.39, 0.29) is 11.4 Å². The number of hydrogen-bond donors (Lipinski definition) is 1. The number of benzene rings is 3. The molecule has 1 aliphatic heterocycles. The molecule has 1 atom stereocenters. The maximum Gasteiger partial charge on any atom is 0.267 e. The summed E-state index contributed by atoms with van der Waals surface area (Å²) in [5.41, 5.74) is 0.732. The Balaban J connectivity index is 1.67. The van der Waals surface area contributed by atoms with Crippen LogP contribution in [-0.2, 0) is 14.8 Å². The molecular weight excluding hydrogens is 440 g/mol. The van der Waals surface area contributed by atoms with E-state index in [2.05, 4.69) is 5.32 Å². The third-order valence-corrected chi connectivity index (χ3v) is 6.81. The molecule has 0 aromatic heterocycles. The normalized spacial score (nSPS) is 15.5. The average Bonchev–Trinajstić information content (AvgIpc) is 2.79. The van der Waals surface area contributed by atoms with Crippen molar-refractivity contribution in [2.75, 3.05) is 23.3 Å². The van der Waals surface area contributed by atoms with Crippen molar-refractivity contribution in [3.8, 4) is 11.5 Å². The van der Waals surface area contributed by atoms with Crippen molar-refractivity contribution in [1.29, 1.82) is 0 Å². The molecule has 0 fully saturated rings. The zero-order valence-corrected chi connectivity index (χ0v) is 18.1. The molecule has 3 aromatic carbocycles. The molecule has 0 spiro atoms. The van der Waals surface area contributed by atoms with Crippen molar-refractivity contribution in [1.82, 2.24) is 0 Å². The topological polar surface area (TPSA) is 84.9 Å². The molecule has 1 heterocycles. The lowest BCUT2D eigenvalue weighted by Gasteiger charge is -2.34. The van der Waals surface area contributed by atoms with Crippen molar-refractivity contribution in [3.05, 3.63) is 77.8 Å². The first-order chi connectivity index (χ1) is 14.9. The monoisotopic (exact) mass is 458 g/mol. The van der Waals surface area contributed by atoms with Gasteiger partial charge < -0.3 is 14.8 Å². The largest absolute Gasteiger partial charge is 0.495 e. The Morgan fingerprint density at radius 2 is 1.81 bits per heavy atom. The Morgan fingerprint density at radius 3 is 2.55 bits per heavy atom. The van der Waals surface area contributed by atoms with Gasteiger partial charge in [-0.2, -0.15) is 0 Å². The van der Waals surface area contributed by atoms with Crippen LogP contribution in [0.3, 0.4) is 0 Å². The first-order valence-corrected chi connectivity index (χ1v) is 11.2. The van der Waals surface area contributed by atoms with Gasteiger partial charge in [-0.15, -0.1) is 0 Å². The minimum absolute atomic E-state index is 0.127. The van der Waals surface area contributed by atoms with Gasteiger partial charge in [-0.25, -0.2) is 8.42 Å². The zero-order valence-electron chi connectivity index (χ0n) is 16.5. The SMILES string of the molecule is COc1ccc(Cl)cc1NC(=O)[C@H]1CN(S(=O)(=O)c2ccccc2)c2ccccc2O1. The number of ether oxygens (including phenoxy) is 2.